The van der Waals surface area contributed by atoms with Gasteiger partial charge in [0, 0.05) is 43.6 Å². The van der Waals surface area contributed by atoms with Gasteiger partial charge in [-0.1, -0.05) is 72.8 Å². The molecule has 1 heterocycles. The third-order valence-corrected chi connectivity index (χ3v) is 7.51. The van der Waals surface area contributed by atoms with E-state index in [0.717, 1.165) is 28.2 Å². The number of fused-ring (bicyclic) bond motifs is 1. The molecule has 6 nitrogen and oxygen atoms in total. The minimum Gasteiger partial charge on any atom is -0.350 e. The monoisotopic (exact) mass is 537 g/mol. The summed E-state index contributed by atoms with van der Waals surface area (Å²) in [6.45, 7) is 1.29. The summed E-state index contributed by atoms with van der Waals surface area (Å²) in [4.78, 5) is 39.8. The van der Waals surface area contributed by atoms with Crippen molar-refractivity contribution in [1.82, 2.24) is 15.5 Å². The van der Waals surface area contributed by atoms with Crippen LogP contribution in [0.5, 0.6) is 0 Å². The zero-order valence-corrected chi connectivity index (χ0v) is 22.1. The van der Waals surface area contributed by atoms with Gasteiger partial charge in [0.25, 0.3) is 5.91 Å². The fourth-order valence-corrected chi connectivity index (χ4v) is 5.36. The first-order valence-electron chi connectivity index (χ1n) is 13.6. The van der Waals surface area contributed by atoms with Crippen LogP contribution in [-0.4, -0.2) is 54.7 Å². The molecule has 4 aromatic carbocycles. The number of rotatable bonds is 9. The van der Waals surface area contributed by atoms with E-state index in [-0.39, 0.29) is 36.0 Å². The maximum absolute atomic E-state index is 13.6. The lowest BCUT2D eigenvalue weighted by atomic mass is 9.90. The molecule has 1 saturated heterocycles. The van der Waals surface area contributed by atoms with Crippen LogP contribution in [0.1, 0.15) is 40.2 Å². The highest BCUT2D eigenvalue weighted by molar-refractivity contribution is 5.98. The average molecular weight is 538 g/mol. The molecule has 5 rings (SSSR count). The van der Waals surface area contributed by atoms with E-state index in [1.54, 1.807) is 24.3 Å². The largest absolute Gasteiger partial charge is 0.350 e. The van der Waals surface area contributed by atoms with Gasteiger partial charge in [0.1, 0.15) is 12.1 Å². The predicted molar refractivity (Wildman–Crippen MR) is 154 cm³/mol. The molecule has 204 valence electrons. The van der Waals surface area contributed by atoms with Crippen LogP contribution < -0.4 is 10.6 Å². The smallest absolute Gasteiger partial charge is 0.251 e. The van der Waals surface area contributed by atoms with E-state index in [2.05, 4.69) is 34.9 Å². The molecule has 1 aliphatic rings. The third-order valence-electron chi connectivity index (χ3n) is 7.51. The van der Waals surface area contributed by atoms with Gasteiger partial charge in [0.15, 0.2) is 0 Å². The van der Waals surface area contributed by atoms with Crippen molar-refractivity contribution in [3.63, 3.8) is 0 Å². The summed E-state index contributed by atoms with van der Waals surface area (Å²) in [7, 11) is 0. The van der Waals surface area contributed by atoms with Gasteiger partial charge in [0.2, 0.25) is 5.91 Å². The molecule has 7 heteroatoms. The minimum atomic E-state index is -0.662. The number of amides is 2. The molecule has 2 atom stereocenters. The quantitative estimate of drug-likeness (QED) is 0.304. The van der Waals surface area contributed by atoms with E-state index in [9.17, 15) is 18.8 Å². The number of carbonyl (C=O) groups is 3. The van der Waals surface area contributed by atoms with Gasteiger partial charge in [-0.15, -0.1) is 0 Å². The van der Waals surface area contributed by atoms with Crippen molar-refractivity contribution in [3.8, 4) is 0 Å². The Hall–Kier alpha value is -4.36. The second-order valence-corrected chi connectivity index (χ2v) is 10.2. The Morgan fingerprint density at radius 2 is 1.60 bits per heavy atom. The zero-order valence-electron chi connectivity index (χ0n) is 22.1. The maximum Gasteiger partial charge on any atom is 0.251 e. The van der Waals surface area contributed by atoms with Crippen LogP contribution in [0.25, 0.3) is 10.8 Å². The number of benzene rings is 4. The van der Waals surface area contributed by atoms with Gasteiger partial charge in [-0.05, 0) is 52.6 Å². The maximum atomic E-state index is 13.6. The molecule has 0 bridgehead atoms. The van der Waals surface area contributed by atoms with Crippen LogP contribution in [0.4, 0.5) is 4.39 Å². The zero-order chi connectivity index (χ0) is 27.9. The van der Waals surface area contributed by atoms with Crippen molar-refractivity contribution >= 4 is 28.9 Å². The fourth-order valence-electron chi connectivity index (χ4n) is 5.36. The van der Waals surface area contributed by atoms with Crippen LogP contribution in [0, 0.1) is 5.82 Å². The number of nitrogens with one attached hydrogen (secondary N) is 2. The summed E-state index contributed by atoms with van der Waals surface area (Å²) in [5, 5.41) is 7.78. The summed E-state index contributed by atoms with van der Waals surface area (Å²) in [6.07, 6.45) is 1.44. The molecule has 0 radical (unpaired) electrons. The molecule has 2 unspecified atom stereocenters. The fraction of sp³-hybridized carbons (Fsp3) is 0.242. The van der Waals surface area contributed by atoms with Crippen molar-refractivity contribution < 1.29 is 18.8 Å². The highest BCUT2D eigenvalue weighted by atomic mass is 19.1. The van der Waals surface area contributed by atoms with Crippen molar-refractivity contribution in [2.24, 2.45) is 0 Å². The minimum absolute atomic E-state index is 0.0131. The molecule has 0 aromatic heterocycles. The third kappa shape index (κ3) is 6.43. The van der Waals surface area contributed by atoms with Crippen molar-refractivity contribution in [2.75, 3.05) is 19.6 Å². The van der Waals surface area contributed by atoms with E-state index in [0.29, 0.717) is 31.6 Å². The standard InChI is InChI=1S/C33H32FN3O3/c34-28-14-13-25-19-27(12-11-26(25)20-28)32(39)35-21-29-15-17-37(33(40)31(36-29)16-18-38)22-30(23-7-3-1-4-8-23)24-9-5-2-6-10-24/h1-14,18-20,29-31,36H,15-17,21-22H2,(H,35,39). The lowest BCUT2D eigenvalue weighted by Crippen LogP contribution is -2.49. The van der Waals surface area contributed by atoms with Crippen molar-refractivity contribution in [1.29, 1.82) is 0 Å². The second-order valence-electron chi connectivity index (χ2n) is 10.2. The summed E-state index contributed by atoms with van der Waals surface area (Å²) < 4.78 is 13.5. The van der Waals surface area contributed by atoms with E-state index in [1.807, 2.05) is 41.3 Å². The number of hydrogen-bond acceptors (Lipinski definition) is 4. The lowest BCUT2D eigenvalue weighted by Gasteiger charge is -2.29. The topological polar surface area (TPSA) is 78.5 Å². The molecule has 0 aliphatic carbocycles. The van der Waals surface area contributed by atoms with Gasteiger partial charge < -0.3 is 20.3 Å². The van der Waals surface area contributed by atoms with Crippen LogP contribution in [0.3, 0.4) is 0 Å². The Morgan fingerprint density at radius 3 is 2.27 bits per heavy atom. The summed E-state index contributed by atoms with van der Waals surface area (Å²) in [5.41, 5.74) is 2.71. The number of halogens is 1. The molecule has 1 aliphatic heterocycles. The van der Waals surface area contributed by atoms with Gasteiger partial charge in [0.05, 0.1) is 6.04 Å². The van der Waals surface area contributed by atoms with Gasteiger partial charge in [-0.3, -0.25) is 9.59 Å². The molecule has 4 aromatic rings. The van der Waals surface area contributed by atoms with Gasteiger partial charge in [-0.2, -0.15) is 0 Å². The highest BCUT2D eigenvalue weighted by Gasteiger charge is 2.32. The average Bonchev–Trinajstić information content (AvgIpc) is 3.13. The van der Waals surface area contributed by atoms with E-state index >= 15 is 0 Å². The summed E-state index contributed by atoms with van der Waals surface area (Å²) in [6, 6.07) is 29.0. The molecule has 1 fully saturated rings. The molecular weight excluding hydrogens is 505 g/mol. The molecular formula is C33H32FN3O3. The van der Waals surface area contributed by atoms with Gasteiger partial charge in [-0.25, -0.2) is 4.39 Å². The number of carbonyl (C=O) groups excluding carboxylic acids is 3. The van der Waals surface area contributed by atoms with Crippen molar-refractivity contribution in [2.45, 2.75) is 30.8 Å². The molecule has 0 spiro atoms. The Labute approximate surface area is 233 Å². The molecule has 0 saturated carbocycles. The van der Waals surface area contributed by atoms with Crippen LogP contribution in [-0.2, 0) is 9.59 Å². The van der Waals surface area contributed by atoms with E-state index in [1.165, 1.54) is 12.1 Å². The summed E-state index contributed by atoms with van der Waals surface area (Å²) in [5.74, 6) is -0.697. The van der Waals surface area contributed by atoms with E-state index in [4.69, 9.17) is 0 Å². The SMILES string of the molecule is O=CCC1NC(CNC(=O)c2ccc3cc(F)ccc3c2)CCN(CC(c2ccccc2)c2ccccc2)C1=O. The molecule has 2 amide bonds. The Kier molecular flexibility index (Phi) is 8.62. The van der Waals surface area contributed by atoms with E-state index < -0.39 is 6.04 Å². The normalized spacial score (nSPS) is 17.6. The summed E-state index contributed by atoms with van der Waals surface area (Å²) >= 11 is 0. The predicted octanol–water partition coefficient (Wildman–Crippen LogP) is 4.69. The second kappa shape index (κ2) is 12.7. The highest BCUT2D eigenvalue weighted by Crippen LogP contribution is 2.27. The first-order chi connectivity index (χ1) is 19.5. The van der Waals surface area contributed by atoms with Gasteiger partial charge >= 0.3 is 0 Å². The van der Waals surface area contributed by atoms with Crippen molar-refractivity contribution in [3.05, 3.63) is 120 Å². The molecule has 2 N–H and O–H groups in total. The van der Waals surface area contributed by atoms with Crippen LogP contribution in [0.15, 0.2) is 97.1 Å². The lowest BCUT2D eigenvalue weighted by molar-refractivity contribution is -0.133. The number of nitrogens with zero attached hydrogens (tertiary/aromatic N) is 1. The van der Waals surface area contributed by atoms with Crippen LogP contribution in [0.2, 0.25) is 0 Å². The molecule has 40 heavy (non-hydrogen) atoms. The Bertz CT molecular complexity index is 1440. The number of aldehydes is 1. The Morgan fingerprint density at radius 1 is 0.950 bits per heavy atom. The first-order valence-corrected chi connectivity index (χ1v) is 13.6. The first kappa shape index (κ1) is 27.2. The van der Waals surface area contributed by atoms with Crippen LogP contribution >= 0.6 is 0 Å². The number of hydrogen-bond donors (Lipinski definition) is 2. The Balaban J connectivity index is 1.29.